The molecule has 1 heterocycles. The van der Waals surface area contributed by atoms with Crippen LogP contribution in [-0.2, 0) is 19.6 Å². The second-order valence-electron chi connectivity index (χ2n) is 6.06. The lowest BCUT2D eigenvalue weighted by Crippen LogP contribution is -2.37. The molecule has 1 aromatic heterocycles. The molecule has 130 valence electrons. The number of imidazole rings is 1. The number of nitrogens with zero attached hydrogens (tertiary/aromatic N) is 3. The van der Waals surface area contributed by atoms with Gasteiger partial charge in [-0.1, -0.05) is 26.0 Å². The van der Waals surface area contributed by atoms with E-state index >= 15 is 0 Å². The maximum atomic E-state index is 12.9. The van der Waals surface area contributed by atoms with Gasteiger partial charge in [-0.15, -0.1) is 0 Å². The second kappa shape index (κ2) is 9.05. The third-order valence-corrected chi connectivity index (χ3v) is 3.45. The highest BCUT2D eigenvalue weighted by atomic mass is 19.1. The first-order valence-electron chi connectivity index (χ1n) is 8.35. The summed E-state index contributed by atoms with van der Waals surface area (Å²) in [5, 5.41) is 6.51. The lowest BCUT2D eigenvalue weighted by molar-refractivity contribution is 0.503. The van der Waals surface area contributed by atoms with Gasteiger partial charge in [-0.05, 0) is 30.5 Å². The van der Waals surface area contributed by atoms with Crippen molar-refractivity contribution in [3.8, 4) is 0 Å². The molecule has 24 heavy (non-hydrogen) atoms. The van der Waals surface area contributed by atoms with Crippen LogP contribution in [0.25, 0.3) is 0 Å². The Morgan fingerprint density at radius 1 is 1.25 bits per heavy atom. The van der Waals surface area contributed by atoms with Gasteiger partial charge in [0.1, 0.15) is 11.6 Å². The van der Waals surface area contributed by atoms with Crippen LogP contribution in [0.15, 0.2) is 41.7 Å². The Bertz CT molecular complexity index is 646. The molecule has 0 saturated carbocycles. The minimum atomic E-state index is -0.232. The van der Waals surface area contributed by atoms with E-state index in [9.17, 15) is 4.39 Å². The number of hydrogen-bond donors (Lipinski definition) is 2. The van der Waals surface area contributed by atoms with Gasteiger partial charge < -0.3 is 15.2 Å². The molecule has 2 rings (SSSR count). The van der Waals surface area contributed by atoms with Crippen LogP contribution in [0.5, 0.6) is 0 Å². The van der Waals surface area contributed by atoms with Crippen LogP contribution in [0, 0.1) is 11.7 Å². The molecule has 0 bridgehead atoms. The monoisotopic (exact) mass is 331 g/mol. The number of benzene rings is 1. The largest absolute Gasteiger partial charge is 0.357 e. The number of nitrogens with one attached hydrogen (secondary N) is 2. The minimum Gasteiger partial charge on any atom is -0.357 e. The van der Waals surface area contributed by atoms with Crippen LogP contribution in [0.1, 0.15) is 32.2 Å². The standard InChI is InChI=1S/C18H26FN5/c1-4-20-18(22-11-15-5-7-16(19)8-6-15)23-12-17-21-9-10-24(17)13-14(2)3/h5-10,14H,4,11-13H2,1-3H3,(H2,20,22,23). The van der Waals surface area contributed by atoms with Gasteiger partial charge in [-0.25, -0.2) is 14.4 Å². The summed E-state index contributed by atoms with van der Waals surface area (Å²) in [6.45, 7) is 9.21. The second-order valence-corrected chi connectivity index (χ2v) is 6.06. The van der Waals surface area contributed by atoms with Crippen molar-refractivity contribution in [2.45, 2.75) is 40.4 Å². The first-order valence-corrected chi connectivity index (χ1v) is 8.35. The van der Waals surface area contributed by atoms with Gasteiger partial charge in [0.15, 0.2) is 5.96 Å². The van der Waals surface area contributed by atoms with Crippen LogP contribution in [0.3, 0.4) is 0 Å². The summed E-state index contributed by atoms with van der Waals surface area (Å²) in [6, 6.07) is 6.40. The molecule has 2 N–H and O–H groups in total. The van der Waals surface area contributed by atoms with Crippen molar-refractivity contribution in [3.63, 3.8) is 0 Å². The van der Waals surface area contributed by atoms with Crippen LogP contribution in [-0.4, -0.2) is 22.1 Å². The molecular weight excluding hydrogens is 305 g/mol. The minimum absolute atomic E-state index is 0.232. The SMILES string of the molecule is CCNC(=NCc1ccc(F)cc1)NCc1nccn1CC(C)C. The summed E-state index contributed by atoms with van der Waals surface area (Å²) in [5.74, 6) is 2.04. The smallest absolute Gasteiger partial charge is 0.191 e. The zero-order valence-corrected chi connectivity index (χ0v) is 14.6. The van der Waals surface area contributed by atoms with Gasteiger partial charge in [0.2, 0.25) is 0 Å². The van der Waals surface area contributed by atoms with Gasteiger partial charge >= 0.3 is 0 Å². The number of guanidine groups is 1. The molecule has 0 unspecified atom stereocenters. The molecule has 0 aliphatic heterocycles. The molecule has 5 nitrogen and oxygen atoms in total. The topological polar surface area (TPSA) is 54.2 Å². The molecule has 1 aromatic carbocycles. The van der Waals surface area contributed by atoms with E-state index < -0.39 is 0 Å². The molecule has 0 radical (unpaired) electrons. The van der Waals surface area contributed by atoms with Crippen LogP contribution in [0.4, 0.5) is 4.39 Å². The number of hydrogen-bond acceptors (Lipinski definition) is 2. The lowest BCUT2D eigenvalue weighted by atomic mass is 10.2. The maximum Gasteiger partial charge on any atom is 0.191 e. The fraction of sp³-hybridized carbons (Fsp3) is 0.444. The summed E-state index contributed by atoms with van der Waals surface area (Å²) < 4.78 is 15.1. The average Bonchev–Trinajstić information content (AvgIpc) is 2.98. The molecule has 0 aliphatic rings. The van der Waals surface area contributed by atoms with Gasteiger partial charge in [0, 0.05) is 25.5 Å². The molecule has 0 spiro atoms. The molecule has 0 fully saturated rings. The van der Waals surface area contributed by atoms with E-state index in [1.54, 1.807) is 12.1 Å². The maximum absolute atomic E-state index is 12.9. The Balaban J connectivity index is 1.96. The first-order chi connectivity index (χ1) is 11.6. The van der Waals surface area contributed by atoms with Crippen LogP contribution >= 0.6 is 0 Å². The predicted octanol–water partition coefficient (Wildman–Crippen LogP) is 2.93. The Morgan fingerprint density at radius 2 is 2.00 bits per heavy atom. The number of aromatic nitrogens is 2. The number of rotatable bonds is 7. The van der Waals surface area contributed by atoms with E-state index in [0.29, 0.717) is 19.0 Å². The van der Waals surface area contributed by atoms with E-state index in [2.05, 4.69) is 39.0 Å². The van der Waals surface area contributed by atoms with Crippen molar-refractivity contribution in [3.05, 3.63) is 53.9 Å². The molecule has 2 aromatic rings. The Kier molecular flexibility index (Phi) is 6.78. The summed E-state index contributed by atoms with van der Waals surface area (Å²) in [5.41, 5.74) is 0.968. The summed E-state index contributed by atoms with van der Waals surface area (Å²) in [6.07, 6.45) is 3.82. The van der Waals surface area contributed by atoms with Crippen molar-refractivity contribution < 1.29 is 4.39 Å². The zero-order chi connectivity index (χ0) is 17.4. The molecule has 0 atom stereocenters. The quantitative estimate of drug-likeness (QED) is 0.606. The van der Waals surface area contributed by atoms with Crippen molar-refractivity contribution >= 4 is 5.96 Å². The van der Waals surface area contributed by atoms with Crippen LogP contribution in [0.2, 0.25) is 0 Å². The van der Waals surface area contributed by atoms with E-state index in [1.165, 1.54) is 12.1 Å². The lowest BCUT2D eigenvalue weighted by Gasteiger charge is -2.13. The van der Waals surface area contributed by atoms with Gasteiger partial charge in [-0.2, -0.15) is 0 Å². The fourth-order valence-electron chi connectivity index (χ4n) is 2.33. The highest BCUT2D eigenvalue weighted by Crippen LogP contribution is 2.05. The average molecular weight is 331 g/mol. The first kappa shape index (κ1) is 18.0. The molecular formula is C18H26FN5. The Morgan fingerprint density at radius 3 is 2.67 bits per heavy atom. The van der Waals surface area contributed by atoms with Gasteiger partial charge in [0.25, 0.3) is 0 Å². The van der Waals surface area contributed by atoms with Crippen molar-refractivity contribution in [1.82, 2.24) is 20.2 Å². The Labute approximate surface area is 143 Å². The predicted molar refractivity (Wildman–Crippen MR) is 95.1 cm³/mol. The van der Waals surface area contributed by atoms with Crippen molar-refractivity contribution in [2.24, 2.45) is 10.9 Å². The summed E-state index contributed by atoms with van der Waals surface area (Å²) >= 11 is 0. The van der Waals surface area contributed by atoms with E-state index in [0.717, 1.165) is 30.4 Å². The fourth-order valence-corrected chi connectivity index (χ4v) is 2.33. The van der Waals surface area contributed by atoms with E-state index in [4.69, 9.17) is 0 Å². The Hall–Kier alpha value is -2.37. The van der Waals surface area contributed by atoms with E-state index in [1.807, 2.05) is 19.3 Å². The highest BCUT2D eigenvalue weighted by Gasteiger charge is 2.06. The summed E-state index contributed by atoms with van der Waals surface area (Å²) in [4.78, 5) is 8.94. The highest BCUT2D eigenvalue weighted by molar-refractivity contribution is 5.79. The van der Waals surface area contributed by atoms with Crippen molar-refractivity contribution in [2.75, 3.05) is 6.54 Å². The molecule has 0 saturated heterocycles. The third kappa shape index (κ3) is 5.68. The summed E-state index contributed by atoms with van der Waals surface area (Å²) in [7, 11) is 0. The van der Waals surface area contributed by atoms with Gasteiger partial charge in [-0.3, -0.25) is 0 Å². The number of halogens is 1. The zero-order valence-electron chi connectivity index (χ0n) is 14.6. The molecule has 0 aliphatic carbocycles. The molecule has 0 amide bonds. The van der Waals surface area contributed by atoms with Gasteiger partial charge in [0.05, 0.1) is 13.1 Å². The third-order valence-electron chi connectivity index (χ3n) is 3.45. The number of aliphatic imine (C=N–C) groups is 1. The van der Waals surface area contributed by atoms with E-state index in [-0.39, 0.29) is 5.82 Å². The normalized spacial score (nSPS) is 11.8. The van der Waals surface area contributed by atoms with Crippen molar-refractivity contribution in [1.29, 1.82) is 0 Å². The van der Waals surface area contributed by atoms with Crippen LogP contribution < -0.4 is 10.6 Å². The molecule has 6 heteroatoms.